The number of aromatic nitrogens is 2. The summed E-state index contributed by atoms with van der Waals surface area (Å²) in [4.78, 5) is 25.3. The molecule has 1 aliphatic rings. The minimum atomic E-state index is -0.192. The summed E-state index contributed by atoms with van der Waals surface area (Å²) >= 11 is 4.78. The Hall–Kier alpha value is -2.45. The van der Waals surface area contributed by atoms with Gasteiger partial charge in [0.2, 0.25) is 0 Å². The lowest BCUT2D eigenvalue weighted by Gasteiger charge is -2.36. The van der Waals surface area contributed by atoms with Crippen molar-refractivity contribution in [2.24, 2.45) is 0 Å². The molecule has 1 aromatic heterocycles. The van der Waals surface area contributed by atoms with E-state index in [2.05, 4.69) is 35.7 Å². The normalized spacial score (nSPS) is 14.1. The van der Waals surface area contributed by atoms with Crippen molar-refractivity contribution in [3.63, 3.8) is 0 Å². The van der Waals surface area contributed by atoms with Crippen LogP contribution in [0.3, 0.4) is 0 Å². The second-order valence-electron chi connectivity index (χ2n) is 6.86. The molecule has 4 rings (SSSR count). The maximum absolute atomic E-state index is 14.0. The van der Waals surface area contributed by atoms with E-state index in [0.29, 0.717) is 17.0 Å². The Labute approximate surface area is 187 Å². The highest BCUT2D eigenvalue weighted by atomic mass is 79.9. The molecule has 2 heterocycles. The second-order valence-corrected chi connectivity index (χ2v) is 8.77. The topological polar surface area (TPSA) is 49.3 Å². The van der Waals surface area contributed by atoms with E-state index in [1.54, 1.807) is 6.07 Å². The predicted octanol–water partition coefficient (Wildman–Crippen LogP) is 4.68. The van der Waals surface area contributed by atoms with Gasteiger partial charge in [-0.05, 0) is 24.3 Å². The molecule has 0 aliphatic carbocycles. The second kappa shape index (κ2) is 9.57. The van der Waals surface area contributed by atoms with Gasteiger partial charge in [0, 0.05) is 42.3 Å². The lowest BCUT2D eigenvalue weighted by atomic mass is 10.2. The number of halogens is 2. The van der Waals surface area contributed by atoms with Gasteiger partial charge in [-0.1, -0.05) is 52.0 Å². The summed E-state index contributed by atoms with van der Waals surface area (Å²) in [6.45, 7) is 2.92. The van der Waals surface area contributed by atoms with Gasteiger partial charge in [-0.15, -0.1) is 0 Å². The zero-order valence-electron chi connectivity index (χ0n) is 16.2. The zero-order chi connectivity index (χ0) is 20.9. The van der Waals surface area contributed by atoms with Crippen molar-refractivity contribution in [2.45, 2.75) is 5.03 Å². The van der Waals surface area contributed by atoms with Crippen LogP contribution >= 0.6 is 27.7 Å². The molecule has 0 radical (unpaired) electrons. The van der Waals surface area contributed by atoms with Crippen LogP contribution in [0.1, 0.15) is 10.4 Å². The fourth-order valence-electron chi connectivity index (χ4n) is 3.33. The van der Waals surface area contributed by atoms with E-state index in [0.717, 1.165) is 41.5 Å². The van der Waals surface area contributed by atoms with E-state index in [1.807, 2.05) is 42.5 Å². The molecule has 5 nitrogen and oxygen atoms in total. The van der Waals surface area contributed by atoms with Gasteiger partial charge < -0.3 is 9.80 Å². The summed E-state index contributed by atoms with van der Waals surface area (Å²) in [5.41, 5.74) is 1.33. The average molecular weight is 487 g/mol. The van der Waals surface area contributed by atoms with Gasteiger partial charge in [0.25, 0.3) is 0 Å². The molecule has 1 saturated heterocycles. The van der Waals surface area contributed by atoms with Crippen molar-refractivity contribution in [3.8, 4) is 0 Å². The first kappa shape index (κ1) is 20.8. The molecule has 1 fully saturated rings. The van der Waals surface area contributed by atoms with Crippen LogP contribution in [0.5, 0.6) is 0 Å². The van der Waals surface area contributed by atoms with Gasteiger partial charge in [0.1, 0.15) is 23.0 Å². The van der Waals surface area contributed by atoms with Crippen molar-refractivity contribution in [3.05, 3.63) is 76.8 Å². The maximum atomic E-state index is 14.0. The number of carbonyl (C=O) groups is 1. The predicted molar refractivity (Wildman–Crippen MR) is 122 cm³/mol. The zero-order valence-corrected chi connectivity index (χ0v) is 18.6. The molecule has 30 heavy (non-hydrogen) atoms. The number of thioether (sulfide) groups is 1. The minimum Gasteiger partial charge on any atom is -0.366 e. The molecule has 0 atom stereocenters. The third-order valence-electron chi connectivity index (χ3n) is 4.94. The molecule has 0 unspecified atom stereocenters. The average Bonchev–Trinajstić information content (AvgIpc) is 2.79. The lowest BCUT2D eigenvalue weighted by molar-refractivity contribution is 0.102. The van der Waals surface area contributed by atoms with Crippen LogP contribution in [0, 0.1) is 5.82 Å². The quantitative estimate of drug-likeness (QED) is 0.286. The molecule has 8 heteroatoms. The minimum absolute atomic E-state index is 0.0613. The van der Waals surface area contributed by atoms with Gasteiger partial charge in [0.15, 0.2) is 5.78 Å². The third-order valence-corrected chi connectivity index (χ3v) is 6.40. The van der Waals surface area contributed by atoms with E-state index in [4.69, 9.17) is 0 Å². The number of piperazine rings is 1. The summed E-state index contributed by atoms with van der Waals surface area (Å²) in [6, 6.07) is 16.1. The first-order valence-corrected chi connectivity index (χ1v) is 11.4. The smallest absolute Gasteiger partial charge is 0.173 e. The Morgan fingerprint density at radius 1 is 1.00 bits per heavy atom. The van der Waals surface area contributed by atoms with E-state index in [-0.39, 0.29) is 11.6 Å². The van der Waals surface area contributed by atoms with Crippen LogP contribution in [0.2, 0.25) is 0 Å². The van der Waals surface area contributed by atoms with Crippen molar-refractivity contribution in [2.75, 3.05) is 41.7 Å². The van der Waals surface area contributed by atoms with Gasteiger partial charge in [0.05, 0.1) is 11.4 Å². The van der Waals surface area contributed by atoms with Crippen molar-refractivity contribution in [1.29, 1.82) is 0 Å². The highest BCUT2D eigenvalue weighted by molar-refractivity contribution is 9.10. The van der Waals surface area contributed by atoms with Gasteiger partial charge >= 0.3 is 0 Å². The highest BCUT2D eigenvalue weighted by Crippen LogP contribution is 2.24. The number of Topliss-reactive ketones (excluding diaryl/α,β-unsaturated/α-hetero) is 1. The van der Waals surface area contributed by atoms with Crippen molar-refractivity contribution < 1.29 is 9.18 Å². The van der Waals surface area contributed by atoms with E-state index in [9.17, 15) is 9.18 Å². The van der Waals surface area contributed by atoms with Gasteiger partial charge in [-0.3, -0.25) is 4.79 Å². The number of rotatable bonds is 6. The fraction of sp³-hybridized carbons (Fsp3) is 0.227. The van der Waals surface area contributed by atoms with Crippen molar-refractivity contribution in [1.82, 2.24) is 9.97 Å². The largest absolute Gasteiger partial charge is 0.366 e. The summed E-state index contributed by atoms with van der Waals surface area (Å²) in [7, 11) is 0. The van der Waals surface area contributed by atoms with E-state index >= 15 is 0 Å². The van der Waals surface area contributed by atoms with Crippen molar-refractivity contribution >= 4 is 45.0 Å². The standard InChI is InChI=1S/C22H20BrFN4OS/c23-17-7-5-16(6-8-17)20(29)14-30-22-13-21(25-15-26-22)28-11-9-27(10-12-28)19-4-2-1-3-18(19)24/h1-8,13,15H,9-12,14H2. The van der Waals surface area contributed by atoms with Gasteiger partial charge in [-0.2, -0.15) is 0 Å². The maximum Gasteiger partial charge on any atom is 0.173 e. The number of para-hydroxylation sites is 1. The molecule has 154 valence electrons. The summed E-state index contributed by atoms with van der Waals surface area (Å²) < 4.78 is 15.0. The summed E-state index contributed by atoms with van der Waals surface area (Å²) in [5, 5.41) is 0.766. The molecular weight excluding hydrogens is 467 g/mol. The molecule has 2 aromatic carbocycles. The number of hydrogen-bond acceptors (Lipinski definition) is 6. The molecule has 0 N–H and O–H groups in total. The Bertz CT molecular complexity index is 1030. The Morgan fingerprint density at radius 3 is 2.43 bits per heavy atom. The summed E-state index contributed by atoms with van der Waals surface area (Å²) in [6.07, 6.45) is 1.53. The number of ketones is 1. The molecule has 1 aliphatic heterocycles. The number of benzene rings is 2. The van der Waals surface area contributed by atoms with Crippen LogP contribution in [0.15, 0.2) is 70.4 Å². The Morgan fingerprint density at radius 2 is 1.70 bits per heavy atom. The molecular formula is C22H20BrFN4OS. The molecule has 0 bridgehead atoms. The third kappa shape index (κ3) is 4.99. The van der Waals surface area contributed by atoms with Crippen LogP contribution in [-0.4, -0.2) is 47.7 Å². The van der Waals surface area contributed by atoms with Crippen LogP contribution in [0.4, 0.5) is 15.9 Å². The number of anilines is 2. The Balaban J connectivity index is 1.35. The molecule has 0 saturated carbocycles. The van der Waals surface area contributed by atoms with Crippen LogP contribution in [0.25, 0.3) is 0 Å². The SMILES string of the molecule is O=C(CSc1cc(N2CCN(c3ccccc3F)CC2)ncn1)c1ccc(Br)cc1. The van der Waals surface area contributed by atoms with E-state index < -0.39 is 0 Å². The molecule has 0 spiro atoms. The highest BCUT2D eigenvalue weighted by Gasteiger charge is 2.20. The Kier molecular flexibility index (Phi) is 6.64. The van der Waals surface area contributed by atoms with Crippen LogP contribution in [-0.2, 0) is 0 Å². The number of hydrogen-bond donors (Lipinski definition) is 0. The molecule has 3 aromatic rings. The van der Waals surface area contributed by atoms with E-state index in [1.165, 1.54) is 24.2 Å². The van der Waals surface area contributed by atoms with Gasteiger partial charge in [-0.25, -0.2) is 14.4 Å². The summed E-state index contributed by atoms with van der Waals surface area (Å²) in [5.74, 6) is 1.02. The lowest BCUT2D eigenvalue weighted by Crippen LogP contribution is -2.47. The van der Waals surface area contributed by atoms with Crippen LogP contribution < -0.4 is 9.80 Å². The number of carbonyl (C=O) groups excluding carboxylic acids is 1. The number of nitrogens with zero attached hydrogens (tertiary/aromatic N) is 4. The monoisotopic (exact) mass is 486 g/mol. The first-order chi connectivity index (χ1) is 14.6. The first-order valence-electron chi connectivity index (χ1n) is 9.58. The molecule has 0 amide bonds. The fourth-order valence-corrected chi connectivity index (χ4v) is 4.35.